The summed E-state index contributed by atoms with van der Waals surface area (Å²) in [5.41, 5.74) is 5.05. The molecule has 9 heteroatoms. The summed E-state index contributed by atoms with van der Waals surface area (Å²) in [6.45, 7) is 6.48. The first-order chi connectivity index (χ1) is 16.1. The van der Waals surface area contributed by atoms with Gasteiger partial charge in [0, 0.05) is 51.0 Å². The van der Waals surface area contributed by atoms with Crippen LogP contribution < -0.4 is 10.2 Å². The fourth-order valence-corrected chi connectivity index (χ4v) is 5.70. The fraction of sp³-hybridized carbons (Fsp3) is 0.440. The number of hydrogen-bond donors (Lipinski definition) is 1. The van der Waals surface area contributed by atoms with Crippen molar-refractivity contribution in [3.8, 4) is 0 Å². The molecule has 34 heavy (non-hydrogen) atoms. The van der Waals surface area contributed by atoms with E-state index < -0.39 is 10.0 Å². The first-order valence-corrected chi connectivity index (χ1v) is 13.1. The van der Waals surface area contributed by atoms with Gasteiger partial charge in [-0.3, -0.25) is 9.59 Å². The topological polar surface area (TPSA) is 90.0 Å². The number of aryl methyl sites for hydroxylation is 3. The second-order valence-corrected chi connectivity index (χ2v) is 11.2. The molecule has 2 aromatic carbocycles. The van der Waals surface area contributed by atoms with Crippen molar-refractivity contribution in [2.45, 2.75) is 38.0 Å². The van der Waals surface area contributed by atoms with E-state index in [4.69, 9.17) is 0 Å². The van der Waals surface area contributed by atoms with Crippen molar-refractivity contribution in [3.05, 3.63) is 53.1 Å². The van der Waals surface area contributed by atoms with E-state index in [2.05, 4.69) is 42.3 Å². The van der Waals surface area contributed by atoms with Crippen molar-refractivity contribution < 1.29 is 18.0 Å². The van der Waals surface area contributed by atoms with Crippen LogP contribution in [0.25, 0.3) is 0 Å². The van der Waals surface area contributed by atoms with Crippen molar-refractivity contribution in [2.24, 2.45) is 0 Å². The van der Waals surface area contributed by atoms with Crippen LogP contribution >= 0.6 is 0 Å². The zero-order chi connectivity index (χ0) is 24.5. The second kappa shape index (κ2) is 9.76. The number of fused-ring (bicyclic) bond motifs is 1. The quantitative estimate of drug-likeness (QED) is 0.705. The molecule has 0 spiro atoms. The van der Waals surface area contributed by atoms with Gasteiger partial charge in [0.2, 0.25) is 21.8 Å². The second-order valence-electron chi connectivity index (χ2n) is 9.14. The molecule has 2 aromatic rings. The molecule has 0 radical (unpaired) electrons. The van der Waals surface area contributed by atoms with Crippen LogP contribution in [0.3, 0.4) is 0 Å². The van der Waals surface area contributed by atoms with E-state index in [0.717, 1.165) is 9.87 Å². The Labute approximate surface area is 201 Å². The lowest BCUT2D eigenvalue weighted by Crippen LogP contribution is -2.51. The first-order valence-electron chi connectivity index (χ1n) is 11.6. The molecule has 2 amide bonds. The standard InChI is InChI=1S/C25H32N4O4S/c1-18-7-8-19(2)23(15-18)28-11-13-29(14-12-28)25(31)17-27(3)34(32,33)21-9-10-22-20(16-21)5-4-6-24(30)26-22/h7-10,15-16H,4-6,11-14,17H2,1-3H3,(H,26,30). The van der Waals surface area contributed by atoms with Gasteiger partial charge in [0.05, 0.1) is 11.4 Å². The monoisotopic (exact) mass is 484 g/mol. The maximum Gasteiger partial charge on any atom is 0.243 e. The Kier molecular flexibility index (Phi) is 6.95. The predicted molar refractivity (Wildman–Crippen MR) is 133 cm³/mol. The van der Waals surface area contributed by atoms with Crippen LogP contribution in [0.15, 0.2) is 41.3 Å². The van der Waals surface area contributed by atoms with E-state index in [-0.39, 0.29) is 23.3 Å². The number of nitrogens with zero attached hydrogens (tertiary/aromatic N) is 3. The van der Waals surface area contributed by atoms with Gasteiger partial charge in [-0.2, -0.15) is 4.31 Å². The number of carbonyl (C=O) groups is 2. The SMILES string of the molecule is Cc1ccc(C)c(N2CCN(C(=O)CN(C)S(=O)(=O)c3ccc4c(c3)CCCC(=O)N4)CC2)c1. The molecule has 1 fully saturated rings. The number of sulfonamides is 1. The molecule has 182 valence electrons. The molecule has 0 aromatic heterocycles. The van der Waals surface area contributed by atoms with Crippen LogP contribution in [0.1, 0.15) is 29.5 Å². The minimum atomic E-state index is -3.83. The average Bonchev–Trinajstić information content (AvgIpc) is 3.00. The van der Waals surface area contributed by atoms with Gasteiger partial charge in [0.1, 0.15) is 0 Å². The van der Waals surface area contributed by atoms with Crippen LogP contribution in [0.2, 0.25) is 0 Å². The Balaban J connectivity index is 1.39. The molecule has 4 rings (SSSR count). The summed E-state index contributed by atoms with van der Waals surface area (Å²) in [4.78, 5) is 28.8. The third kappa shape index (κ3) is 5.10. The molecule has 2 aliphatic heterocycles. The Bertz CT molecular complexity index is 1200. The zero-order valence-electron chi connectivity index (χ0n) is 20.0. The minimum Gasteiger partial charge on any atom is -0.368 e. The summed E-state index contributed by atoms with van der Waals surface area (Å²) in [5, 5.41) is 2.82. The Morgan fingerprint density at radius 1 is 1.03 bits per heavy atom. The summed E-state index contributed by atoms with van der Waals surface area (Å²) in [7, 11) is -2.40. The lowest BCUT2D eigenvalue weighted by atomic mass is 10.1. The Morgan fingerprint density at radius 3 is 2.50 bits per heavy atom. The molecule has 0 atom stereocenters. The number of piperazine rings is 1. The lowest BCUT2D eigenvalue weighted by molar-refractivity contribution is -0.131. The van der Waals surface area contributed by atoms with Gasteiger partial charge in [-0.25, -0.2) is 8.42 Å². The number of nitrogens with one attached hydrogen (secondary N) is 1. The normalized spacial score (nSPS) is 16.8. The number of benzene rings is 2. The summed E-state index contributed by atoms with van der Waals surface area (Å²) >= 11 is 0. The molecule has 0 saturated carbocycles. The zero-order valence-corrected chi connectivity index (χ0v) is 20.8. The van der Waals surface area contributed by atoms with Crippen LogP contribution in [-0.2, 0) is 26.0 Å². The molecule has 2 aliphatic rings. The summed E-state index contributed by atoms with van der Waals surface area (Å²) < 4.78 is 27.4. The van der Waals surface area contributed by atoms with Gasteiger partial charge in [-0.05, 0) is 67.6 Å². The summed E-state index contributed by atoms with van der Waals surface area (Å²) in [5.74, 6) is -0.261. The maximum atomic E-state index is 13.2. The highest BCUT2D eigenvalue weighted by Gasteiger charge is 2.28. The van der Waals surface area contributed by atoms with Crippen molar-refractivity contribution in [2.75, 3.05) is 50.0 Å². The van der Waals surface area contributed by atoms with Crippen LogP contribution in [0, 0.1) is 13.8 Å². The van der Waals surface area contributed by atoms with Gasteiger partial charge in [-0.1, -0.05) is 12.1 Å². The molecule has 1 N–H and O–H groups in total. The van der Waals surface area contributed by atoms with E-state index >= 15 is 0 Å². The molecule has 0 aliphatic carbocycles. The van der Waals surface area contributed by atoms with Gasteiger partial charge in [0.15, 0.2) is 0 Å². The summed E-state index contributed by atoms with van der Waals surface area (Å²) in [6.07, 6.45) is 1.72. The number of amides is 2. The number of rotatable bonds is 5. The van der Waals surface area contributed by atoms with E-state index in [1.165, 1.54) is 29.9 Å². The van der Waals surface area contributed by atoms with Gasteiger partial charge in [0.25, 0.3) is 0 Å². The molecule has 0 bridgehead atoms. The molecule has 0 unspecified atom stereocenters. The first kappa shape index (κ1) is 24.2. The van der Waals surface area contributed by atoms with E-state index in [9.17, 15) is 18.0 Å². The molecular formula is C25H32N4O4S. The average molecular weight is 485 g/mol. The highest BCUT2D eigenvalue weighted by molar-refractivity contribution is 7.89. The van der Waals surface area contributed by atoms with Crippen molar-refractivity contribution in [1.29, 1.82) is 0 Å². The molecule has 8 nitrogen and oxygen atoms in total. The van der Waals surface area contributed by atoms with Gasteiger partial charge >= 0.3 is 0 Å². The molecule has 1 saturated heterocycles. The summed E-state index contributed by atoms with van der Waals surface area (Å²) in [6, 6.07) is 11.1. The fourth-order valence-electron chi connectivity index (χ4n) is 4.52. The number of anilines is 2. The highest BCUT2D eigenvalue weighted by atomic mass is 32.2. The van der Waals surface area contributed by atoms with Gasteiger partial charge < -0.3 is 15.1 Å². The Hall–Kier alpha value is -2.91. The highest BCUT2D eigenvalue weighted by Crippen LogP contribution is 2.27. The van der Waals surface area contributed by atoms with Crippen molar-refractivity contribution in [3.63, 3.8) is 0 Å². The number of hydrogen-bond acceptors (Lipinski definition) is 5. The largest absolute Gasteiger partial charge is 0.368 e. The number of likely N-dealkylation sites (N-methyl/N-ethyl adjacent to an activating group) is 1. The van der Waals surface area contributed by atoms with Gasteiger partial charge in [-0.15, -0.1) is 0 Å². The van der Waals surface area contributed by atoms with Crippen LogP contribution in [0.4, 0.5) is 11.4 Å². The Morgan fingerprint density at radius 2 is 1.76 bits per heavy atom. The predicted octanol–water partition coefficient (Wildman–Crippen LogP) is 2.55. The molecule has 2 heterocycles. The van der Waals surface area contributed by atoms with Crippen molar-refractivity contribution >= 4 is 33.2 Å². The number of carbonyl (C=O) groups excluding carboxylic acids is 2. The lowest BCUT2D eigenvalue weighted by Gasteiger charge is -2.37. The third-order valence-corrected chi connectivity index (χ3v) is 8.40. The van der Waals surface area contributed by atoms with Crippen LogP contribution in [0.5, 0.6) is 0 Å². The van der Waals surface area contributed by atoms with Crippen LogP contribution in [-0.4, -0.2) is 69.2 Å². The molecular weight excluding hydrogens is 452 g/mol. The van der Waals surface area contributed by atoms with E-state index in [1.807, 2.05) is 0 Å². The van der Waals surface area contributed by atoms with E-state index in [1.54, 1.807) is 17.0 Å². The van der Waals surface area contributed by atoms with E-state index in [0.29, 0.717) is 51.1 Å². The minimum absolute atomic E-state index is 0.0604. The van der Waals surface area contributed by atoms with Crippen molar-refractivity contribution in [1.82, 2.24) is 9.21 Å². The smallest absolute Gasteiger partial charge is 0.243 e. The third-order valence-electron chi connectivity index (χ3n) is 6.60. The maximum absolute atomic E-state index is 13.2.